The molecule has 1 aliphatic rings. The molecule has 0 aliphatic carbocycles. The first kappa shape index (κ1) is 19.5. The van der Waals surface area contributed by atoms with Crippen LogP contribution in [0.4, 0.5) is 5.82 Å². The Morgan fingerprint density at radius 3 is 2.59 bits per heavy atom. The van der Waals surface area contributed by atoms with E-state index in [-0.39, 0.29) is 5.91 Å². The van der Waals surface area contributed by atoms with Gasteiger partial charge in [-0.05, 0) is 48.9 Å². The van der Waals surface area contributed by atoms with Crippen LogP contribution in [-0.4, -0.2) is 35.2 Å². The number of amides is 1. The van der Waals surface area contributed by atoms with E-state index in [1.807, 2.05) is 36.4 Å². The number of benzene rings is 2. The predicted molar refractivity (Wildman–Crippen MR) is 118 cm³/mol. The molecule has 148 valence electrons. The lowest BCUT2D eigenvalue weighted by molar-refractivity contribution is 0.0951. The van der Waals surface area contributed by atoms with E-state index in [0.717, 1.165) is 35.7 Å². The van der Waals surface area contributed by atoms with Crippen LogP contribution in [0.25, 0.3) is 11.3 Å². The summed E-state index contributed by atoms with van der Waals surface area (Å²) in [6.07, 6.45) is 7.85. The summed E-state index contributed by atoms with van der Waals surface area (Å²) < 4.78 is 0. The normalized spacial score (nSPS) is 13.5. The number of hydrogen-bond acceptors (Lipinski definition) is 5. The third-order valence-electron chi connectivity index (χ3n) is 5.09. The Kier molecular flexibility index (Phi) is 6.10. The minimum atomic E-state index is -0.0904. The molecule has 29 heavy (non-hydrogen) atoms. The Labute approximate surface area is 175 Å². The van der Waals surface area contributed by atoms with Crippen molar-refractivity contribution in [1.29, 1.82) is 0 Å². The SMILES string of the molecule is CSc1ccc(CNC(=O)c2cccc(-c3nccnc3N3CCCC3)c2)cc1. The predicted octanol–water partition coefficient (Wildman–Crippen LogP) is 4.40. The number of thioether (sulfide) groups is 1. The number of carbonyl (C=O) groups is 1. The van der Waals surface area contributed by atoms with Gasteiger partial charge in [0.2, 0.25) is 0 Å². The summed E-state index contributed by atoms with van der Waals surface area (Å²) in [5, 5.41) is 3.01. The zero-order valence-electron chi connectivity index (χ0n) is 16.5. The van der Waals surface area contributed by atoms with E-state index in [4.69, 9.17) is 0 Å². The van der Waals surface area contributed by atoms with Crippen LogP contribution < -0.4 is 10.2 Å². The number of nitrogens with zero attached hydrogens (tertiary/aromatic N) is 3. The second-order valence-corrected chi connectivity index (χ2v) is 7.91. The van der Waals surface area contributed by atoms with Gasteiger partial charge in [-0.1, -0.05) is 24.3 Å². The summed E-state index contributed by atoms with van der Waals surface area (Å²) in [5.74, 6) is 0.809. The van der Waals surface area contributed by atoms with Crippen molar-refractivity contribution >= 4 is 23.5 Å². The highest BCUT2D eigenvalue weighted by atomic mass is 32.2. The lowest BCUT2D eigenvalue weighted by Gasteiger charge is -2.19. The number of aromatic nitrogens is 2. The third-order valence-corrected chi connectivity index (χ3v) is 5.84. The molecule has 2 aromatic carbocycles. The molecule has 1 aromatic heterocycles. The number of hydrogen-bond donors (Lipinski definition) is 1. The van der Waals surface area contributed by atoms with Crippen molar-refractivity contribution in [1.82, 2.24) is 15.3 Å². The number of carbonyl (C=O) groups excluding carboxylic acids is 1. The summed E-state index contributed by atoms with van der Waals surface area (Å²) in [7, 11) is 0. The maximum Gasteiger partial charge on any atom is 0.251 e. The van der Waals surface area contributed by atoms with Crippen LogP contribution in [0.15, 0.2) is 65.8 Å². The Bertz CT molecular complexity index is 984. The van der Waals surface area contributed by atoms with E-state index in [2.05, 4.69) is 38.6 Å². The molecule has 0 saturated carbocycles. The van der Waals surface area contributed by atoms with Gasteiger partial charge < -0.3 is 10.2 Å². The molecule has 1 fully saturated rings. The minimum absolute atomic E-state index is 0.0904. The van der Waals surface area contributed by atoms with Crippen LogP contribution in [0, 0.1) is 0 Å². The molecule has 6 heteroatoms. The topological polar surface area (TPSA) is 58.1 Å². The summed E-state index contributed by atoms with van der Waals surface area (Å²) in [6, 6.07) is 15.9. The molecule has 0 atom stereocenters. The second kappa shape index (κ2) is 9.09. The number of anilines is 1. The quantitative estimate of drug-likeness (QED) is 0.617. The smallest absolute Gasteiger partial charge is 0.251 e. The molecular weight excluding hydrogens is 380 g/mol. The van der Waals surface area contributed by atoms with E-state index in [1.165, 1.54) is 17.7 Å². The number of rotatable bonds is 6. The standard InChI is InChI=1S/C23H24N4OS/c1-29-20-9-7-17(8-10-20)16-26-23(28)19-6-4-5-18(15-19)21-22(25-12-11-24-21)27-13-2-3-14-27/h4-12,15H,2-3,13-14,16H2,1H3,(H,26,28). The molecule has 0 radical (unpaired) electrons. The van der Waals surface area contributed by atoms with Gasteiger partial charge in [0.15, 0.2) is 5.82 Å². The van der Waals surface area contributed by atoms with Crippen LogP contribution in [0.2, 0.25) is 0 Å². The Morgan fingerprint density at radius 2 is 1.83 bits per heavy atom. The van der Waals surface area contributed by atoms with Gasteiger partial charge in [-0.2, -0.15) is 0 Å². The van der Waals surface area contributed by atoms with E-state index >= 15 is 0 Å². The Morgan fingerprint density at radius 1 is 1.07 bits per heavy atom. The summed E-state index contributed by atoms with van der Waals surface area (Å²) in [6.45, 7) is 2.50. The molecule has 1 saturated heterocycles. The Balaban J connectivity index is 1.50. The van der Waals surface area contributed by atoms with Crippen LogP contribution in [0.5, 0.6) is 0 Å². The monoisotopic (exact) mass is 404 g/mol. The highest BCUT2D eigenvalue weighted by Gasteiger charge is 2.19. The molecule has 0 spiro atoms. The van der Waals surface area contributed by atoms with Gasteiger partial charge >= 0.3 is 0 Å². The van der Waals surface area contributed by atoms with Crippen molar-refractivity contribution in [2.45, 2.75) is 24.3 Å². The lowest BCUT2D eigenvalue weighted by Crippen LogP contribution is -2.23. The fraction of sp³-hybridized carbons (Fsp3) is 0.261. The van der Waals surface area contributed by atoms with E-state index < -0.39 is 0 Å². The summed E-state index contributed by atoms with van der Waals surface area (Å²) in [5.41, 5.74) is 3.45. The number of nitrogens with one attached hydrogen (secondary N) is 1. The van der Waals surface area contributed by atoms with Gasteiger partial charge in [0.05, 0.1) is 0 Å². The molecule has 0 unspecified atom stereocenters. The van der Waals surface area contributed by atoms with Crippen molar-refractivity contribution in [3.8, 4) is 11.3 Å². The molecule has 2 heterocycles. The summed E-state index contributed by atoms with van der Waals surface area (Å²) >= 11 is 1.71. The van der Waals surface area contributed by atoms with E-state index in [0.29, 0.717) is 12.1 Å². The summed E-state index contributed by atoms with van der Waals surface area (Å²) in [4.78, 5) is 25.3. The van der Waals surface area contributed by atoms with Crippen LogP contribution in [0.3, 0.4) is 0 Å². The maximum absolute atomic E-state index is 12.7. The first-order valence-electron chi connectivity index (χ1n) is 9.82. The minimum Gasteiger partial charge on any atom is -0.355 e. The fourth-order valence-corrected chi connectivity index (χ4v) is 3.94. The van der Waals surface area contributed by atoms with Gasteiger partial charge in [-0.3, -0.25) is 9.78 Å². The van der Waals surface area contributed by atoms with E-state index in [9.17, 15) is 4.79 Å². The van der Waals surface area contributed by atoms with Crippen LogP contribution in [0.1, 0.15) is 28.8 Å². The third kappa shape index (κ3) is 4.59. The molecule has 5 nitrogen and oxygen atoms in total. The van der Waals surface area contributed by atoms with Gasteiger partial charge in [0.1, 0.15) is 5.69 Å². The van der Waals surface area contributed by atoms with Crippen molar-refractivity contribution in [2.24, 2.45) is 0 Å². The average Bonchev–Trinajstić information content (AvgIpc) is 3.33. The average molecular weight is 405 g/mol. The highest BCUT2D eigenvalue weighted by Crippen LogP contribution is 2.29. The van der Waals surface area contributed by atoms with Gasteiger partial charge in [0, 0.05) is 48.1 Å². The van der Waals surface area contributed by atoms with Crippen molar-refractivity contribution in [3.63, 3.8) is 0 Å². The highest BCUT2D eigenvalue weighted by molar-refractivity contribution is 7.98. The zero-order chi connectivity index (χ0) is 20.1. The maximum atomic E-state index is 12.7. The molecular formula is C23H24N4OS. The lowest BCUT2D eigenvalue weighted by atomic mass is 10.1. The van der Waals surface area contributed by atoms with Crippen molar-refractivity contribution in [2.75, 3.05) is 24.2 Å². The fourth-order valence-electron chi connectivity index (χ4n) is 3.53. The molecule has 1 aliphatic heterocycles. The first-order chi connectivity index (χ1) is 14.2. The zero-order valence-corrected chi connectivity index (χ0v) is 17.3. The molecule has 3 aromatic rings. The molecule has 0 bridgehead atoms. The molecule has 1 N–H and O–H groups in total. The van der Waals surface area contributed by atoms with Crippen LogP contribution in [-0.2, 0) is 6.54 Å². The van der Waals surface area contributed by atoms with Crippen molar-refractivity contribution < 1.29 is 4.79 Å². The van der Waals surface area contributed by atoms with Crippen molar-refractivity contribution in [3.05, 3.63) is 72.1 Å². The van der Waals surface area contributed by atoms with E-state index in [1.54, 1.807) is 24.2 Å². The van der Waals surface area contributed by atoms with Gasteiger partial charge in [-0.25, -0.2) is 4.98 Å². The van der Waals surface area contributed by atoms with Crippen LogP contribution >= 0.6 is 11.8 Å². The molecule has 4 rings (SSSR count). The molecule has 1 amide bonds. The van der Waals surface area contributed by atoms with Gasteiger partial charge in [-0.15, -0.1) is 11.8 Å². The second-order valence-electron chi connectivity index (χ2n) is 7.03. The first-order valence-corrected chi connectivity index (χ1v) is 11.0. The largest absolute Gasteiger partial charge is 0.355 e. The van der Waals surface area contributed by atoms with Gasteiger partial charge in [0.25, 0.3) is 5.91 Å². The Hall–Kier alpha value is -2.86.